The summed E-state index contributed by atoms with van der Waals surface area (Å²) in [7, 11) is 0. The zero-order valence-corrected chi connectivity index (χ0v) is 15.5. The summed E-state index contributed by atoms with van der Waals surface area (Å²) in [5, 5.41) is 10.4. The van der Waals surface area contributed by atoms with Crippen molar-refractivity contribution in [3.05, 3.63) is 65.2 Å². The number of nitrogens with zero attached hydrogens (tertiary/aromatic N) is 1. The van der Waals surface area contributed by atoms with Crippen LogP contribution in [0.5, 0.6) is 5.75 Å². The number of para-hydroxylation sites is 1. The number of aliphatic hydroxyl groups is 1. The summed E-state index contributed by atoms with van der Waals surface area (Å²) in [6.45, 7) is 9.40. The molecule has 3 rings (SSSR count). The highest BCUT2D eigenvalue weighted by molar-refractivity contribution is 5.38. The molecule has 3 heteroatoms. The van der Waals surface area contributed by atoms with Gasteiger partial charge in [-0.3, -0.25) is 4.90 Å². The van der Waals surface area contributed by atoms with E-state index in [1.165, 1.54) is 16.7 Å². The van der Waals surface area contributed by atoms with Gasteiger partial charge in [-0.2, -0.15) is 0 Å². The molecular weight excluding hydrogens is 310 g/mol. The van der Waals surface area contributed by atoms with Crippen molar-refractivity contribution in [2.45, 2.75) is 45.3 Å². The van der Waals surface area contributed by atoms with Gasteiger partial charge in [0.05, 0.1) is 0 Å². The standard InChI is InChI=1S/C22H29NO2/c1-22(2,3)20-10-6-7-11-21(20)25-16-19(24)15-23-13-12-17-8-4-5-9-18(17)14-23/h4-11,19,24H,12-16H2,1-3H3/t19-/m0/s1. The van der Waals surface area contributed by atoms with Crippen LogP contribution >= 0.6 is 0 Å². The lowest BCUT2D eigenvalue weighted by molar-refractivity contribution is 0.0631. The molecule has 0 saturated heterocycles. The summed E-state index contributed by atoms with van der Waals surface area (Å²) in [5.41, 5.74) is 4.01. The second-order valence-corrected chi connectivity index (χ2v) is 7.96. The Morgan fingerprint density at radius 2 is 1.72 bits per heavy atom. The maximum atomic E-state index is 10.4. The fourth-order valence-corrected chi connectivity index (χ4v) is 3.46. The van der Waals surface area contributed by atoms with Crippen molar-refractivity contribution in [2.24, 2.45) is 0 Å². The van der Waals surface area contributed by atoms with Crippen molar-refractivity contribution in [3.63, 3.8) is 0 Å². The molecule has 2 aromatic carbocycles. The lowest BCUT2D eigenvalue weighted by Gasteiger charge is -2.30. The summed E-state index contributed by atoms with van der Waals surface area (Å²) in [4.78, 5) is 2.31. The molecule has 3 nitrogen and oxygen atoms in total. The summed E-state index contributed by atoms with van der Waals surface area (Å²) >= 11 is 0. The highest BCUT2D eigenvalue weighted by atomic mass is 16.5. The summed E-state index contributed by atoms with van der Waals surface area (Å²) in [5.74, 6) is 0.873. The smallest absolute Gasteiger partial charge is 0.123 e. The summed E-state index contributed by atoms with van der Waals surface area (Å²) in [6, 6.07) is 16.7. The molecule has 1 heterocycles. The molecule has 1 aliphatic heterocycles. The van der Waals surface area contributed by atoms with E-state index < -0.39 is 6.10 Å². The fraction of sp³-hybridized carbons (Fsp3) is 0.455. The first-order valence-corrected chi connectivity index (χ1v) is 9.13. The van der Waals surface area contributed by atoms with Crippen molar-refractivity contribution in [2.75, 3.05) is 19.7 Å². The Morgan fingerprint density at radius 3 is 2.48 bits per heavy atom. The zero-order valence-electron chi connectivity index (χ0n) is 15.5. The minimum absolute atomic E-state index is 0.0259. The molecule has 1 N–H and O–H groups in total. The largest absolute Gasteiger partial charge is 0.491 e. The van der Waals surface area contributed by atoms with Gasteiger partial charge in [0, 0.05) is 19.6 Å². The molecule has 0 bridgehead atoms. The molecule has 0 spiro atoms. The molecule has 0 aliphatic carbocycles. The number of hydrogen-bond acceptors (Lipinski definition) is 3. The van der Waals surface area contributed by atoms with E-state index in [4.69, 9.17) is 4.74 Å². The van der Waals surface area contributed by atoms with Gasteiger partial charge in [0.15, 0.2) is 0 Å². The highest BCUT2D eigenvalue weighted by Gasteiger charge is 2.21. The van der Waals surface area contributed by atoms with E-state index in [-0.39, 0.29) is 5.41 Å². The van der Waals surface area contributed by atoms with Crippen molar-refractivity contribution in [3.8, 4) is 5.75 Å². The molecule has 0 saturated carbocycles. The normalized spacial score (nSPS) is 16.3. The lowest BCUT2D eigenvalue weighted by atomic mass is 9.86. The molecule has 0 unspecified atom stereocenters. The minimum Gasteiger partial charge on any atom is -0.491 e. The first kappa shape index (κ1) is 18.0. The van der Waals surface area contributed by atoms with E-state index in [1.54, 1.807) is 0 Å². The Morgan fingerprint density at radius 1 is 1.04 bits per heavy atom. The molecule has 134 valence electrons. The number of rotatable bonds is 5. The number of hydrogen-bond donors (Lipinski definition) is 1. The second kappa shape index (κ2) is 7.59. The van der Waals surface area contributed by atoms with Gasteiger partial charge in [0.1, 0.15) is 18.5 Å². The molecule has 1 atom stereocenters. The molecule has 2 aromatic rings. The predicted octanol–water partition coefficient (Wildman–Crippen LogP) is 3.78. The Labute approximate surface area is 151 Å². The quantitative estimate of drug-likeness (QED) is 0.900. The van der Waals surface area contributed by atoms with Gasteiger partial charge in [0.25, 0.3) is 0 Å². The van der Waals surface area contributed by atoms with E-state index in [0.717, 1.165) is 25.3 Å². The summed E-state index contributed by atoms with van der Waals surface area (Å²) in [6.07, 6.45) is 0.564. The van der Waals surface area contributed by atoms with Gasteiger partial charge in [-0.25, -0.2) is 0 Å². The van der Waals surface area contributed by atoms with Gasteiger partial charge in [-0.1, -0.05) is 63.2 Å². The van der Waals surface area contributed by atoms with Gasteiger partial charge >= 0.3 is 0 Å². The summed E-state index contributed by atoms with van der Waals surface area (Å²) < 4.78 is 5.96. The molecule has 0 aromatic heterocycles. The maximum Gasteiger partial charge on any atom is 0.123 e. The van der Waals surface area contributed by atoms with Crippen molar-refractivity contribution in [1.29, 1.82) is 0 Å². The van der Waals surface area contributed by atoms with Gasteiger partial charge in [-0.05, 0) is 34.6 Å². The van der Waals surface area contributed by atoms with Crippen LogP contribution in [0.2, 0.25) is 0 Å². The third-order valence-electron chi connectivity index (χ3n) is 4.80. The van der Waals surface area contributed by atoms with E-state index in [9.17, 15) is 5.11 Å². The molecule has 0 fully saturated rings. The van der Waals surface area contributed by atoms with Crippen LogP contribution in [0.3, 0.4) is 0 Å². The second-order valence-electron chi connectivity index (χ2n) is 7.96. The number of β-amino-alcohol motifs (C(OH)–C–C–N with tert-alkyl or cyclic N) is 1. The Balaban J connectivity index is 1.55. The van der Waals surface area contributed by atoms with Crippen LogP contribution in [0, 0.1) is 0 Å². The molecule has 25 heavy (non-hydrogen) atoms. The third-order valence-corrected chi connectivity index (χ3v) is 4.80. The molecule has 0 amide bonds. The Kier molecular flexibility index (Phi) is 5.45. The average Bonchev–Trinajstić information content (AvgIpc) is 2.59. The van der Waals surface area contributed by atoms with Crippen LogP contribution in [0.4, 0.5) is 0 Å². The number of benzene rings is 2. The fourth-order valence-electron chi connectivity index (χ4n) is 3.46. The van der Waals surface area contributed by atoms with E-state index in [2.05, 4.69) is 56.0 Å². The van der Waals surface area contributed by atoms with Gasteiger partial charge in [0.2, 0.25) is 0 Å². The van der Waals surface area contributed by atoms with Crippen molar-refractivity contribution in [1.82, 2.24) is 4.90 Å². The van der Waals surface area contributed by atoms with Crippen LogP contribution in [0.15, 0.2) is 48.5 Å². The van der Waals surface area contributed by atoms with Crippen LogP contribution in [0.1, 0.15) is 37.5 Å². The minimum atomic E-state index is -0.488. The lowest BCUT2D eigenvalue weighted by Crippen LogP contribution is -2.38. The zero-order chi connectivity index (χ0) is 17.9. The van der Waals surface area contributed by atoms with Gasteiger partial charge < -0.3 is 9.84 Å². The highest BCUT2D eigenvalue weighted by Crippen LogP contribution is 2.31. The molecule has 1 aliphatic rings. The first-order valence-electron chi connectivity index (χ1n) is 9.13. The monoisotopic (exact) mass is 339 g/mol. The van der Waals surface area contributed by atoms with E-state index in [1.807, 2.05) is 18.2 Å². The topological polar surface area (TPSA) is 32.7 Å². The maximum absolute atomic E-state index is 10.4. The SMILES string of the molecule is CC(C)(C)c1ccccc1OC[C@@H](O)CN1CCc2ccccc2C1. The Bertz CT molecular complexity index is 705. The third kappa shape index (κ3) is 4.62. The van der Waals surface area contributed by atoms with E-state index >= 15 is 0 Å². The predicted molar refractivity (Wildman–Crippen MR) is 102 cm³/mol. The first-order chi connectivity index (χ1) is 11.9. The number of ether oxygens (including phenoxy) is 1. The molecular formula is C22H29NO2. The Hall–Kier alpha value is -1.84. The van der Waals surface area contributed by atoms with Gasteiger partial charge in [-0.15, -0.1) is 0 Å². The van der Waals surface area contributed by atoms with Crippen LogP contribution in [-0.4, -0.2) is 35.8 Å². The number of aliphatic hydroxyl groups excluding tert-OH is 1. The van der Waals surface area contributed by atoms with E-state index in [0.29, 0.717) is 13.2 Å². The van der Waals surface area contributed by atoms with Crippen LogP contribution in [-0.2, 0) is 18.4 Å². The van der Waals surface area contributed by atoms with Crippen LogP contribution in [0.25, 0.3) is 0 Å². The average molecular weight is 339 g/mol. The number of fused-ring (bicyclic) bond motifs is 1. The molecule has 0 radical (unpaired) electrons. The van der Waals surface area contributed by atoms with Crippen LogP contribution < -0.4 is 4.74 Å². The van der Waals surface area contributed by atoms with Crippen molar-refractivity contribution < 1.29 is 9.84 Å². The van der Waals surface area contributed by atoms with Crippen molar-refractivity contribution >= 4 is 0 Å².